The number of carbonyl (C=O) groups is 2. The van der Waals surface area contributed by atoms with Gasteiger partial charge in [0.05, 0.1) is 18.3 Å². The van der Waals surface area contributed by atoms with Gasteiger partial charge in [0, 0.05) is 17.8 Å². The highest BCUT2D eigenvalue weighted by atomic mass is 16.3. The molecule has 5 heteroatoms. The number of aliphatic hydroxyl groups is 1. The van der Waals surface area contributed by atoms with Crippen molar-refractivity contribution in [1.29, 1.82) is 0 Å². The lowest BCUT2D eigenvalue weighted by Crippen LogP contribution is -2.45. The summed E-state index contributed by atoms with van der Waals surface area (Å²) in [4.78, 5) is 29.5. The first kappa shape index (κ1) is 16.9. The maximum absolute atomic E-state index is 12.6. The van der Waals surface area contributed by atoms with Gasteiger partial charge in [-0.15, -0.1) is 0 Å². The minimum absolute atomic E-state index is 0.00537. The largest absolute Gasteiger partial charge is 0.392 e. The predicted octanol–water partition coefficient (Wildman–Crippen LogP) is 1.97. The van der Waals surface area contributed by atoms with Crippen LogP contribution in [0.4, 0.5) is 0 Å². The molecule has 0 radical (unpaired) electrons. The van der Waals surface area contributed by atoms with Gasteiger partial charge < -0.3 is 10.1 Å². The fourth-order valence-electron chi connectivity index (χ4n) is 3.28. The molecule has 0 saturated carbocycles. The average molecular weight is 306 g/mol. The van der Waals surface area contributed by atoms with Crippen LogP contribution in [0.15, 0.2) is 0 Å². The first-order chi connectivity index (χ1) is 10.3. The van der Waals surface area contributed by atoms with Gasteiger partial charge in [-0.3, -0.25) is 14.5 Å². The van der Waals surface area contributed by atoms with Crippen LogP contribution < -0.4 is 0 Å². The molecule has 122 valence electrons. The van der Waals surface area contributed by atoms with E-state index in [1.54, 1.807) is 0 Å². The van der Waals surface area contributed by atoms with E-state index in [2.05, 4.69) is 4.98 Å². The van der Waals surface area contributed by atoms with Crippen molar-refractivity contribution in [2.75, 3.05) is 19.6 Å². The van der Waals surface area contributed by atoms with Crippen molar-refractivity contribution in [1.82, 2.24) is 9.88 Å². The molecule has 1 fully saturated rings. The van der Waals surface area contributed by atoms with Crippen molar-refractivity contribution in [3.05, 3.63) is 22.5 Å². The topological polar surface area (TPSA) is 73.4 Å². The van der Waals surface area contributed by atoms with Crippen LogP contribution in [0.5, 0.6) is 0 Å². The molecule has 0 amide bonds. The van der Waals surface area contributed by atoms with Gasteiger partial charge in [0.25, 0.3) is 0 Å². The Morgan fingerprint density at radius 1 is 1.41 bits per heavy atom. The number of ketones is 2. The van der Waals surface area contributed by atoms with Crippen LogP contribution in [0, 0.1) is 12.8 Å². The Labute approximate surface area is 131 Å². The summed E-state index contributed by atoms with van der Waals surface area (Å²) in [7, 11) is 0. The van der Waals surface area contributed by atoms with E-state index in [0.717, 1.165) is 24.2 Å². The predicted molar refractivity (Wildman–Crippen MR) is 85.5 cm³/mol. The number of aliphatic hydroxyl groups excluding tert-OH is 1. The van der Waals surface area contributed by atoms with Crippen molar-refractivity contribution in [3.63, 3.8) is 0 Å². The normalized spacial score (nSPS) is 22.8. The molecule has 1 aliphatic heterocycles. The molecule has 0 aromatic carbocycles. The molecule has 0 spiro atoms. The zero-order valence-electron chi connectivity index (χ0n) is 13.9. The van der Waals surface area contributed by atoms with Gasteiger partial charge in [0.15, 0.2) is 11.6 Å². The molecule has 0 aliphatic carbocycles. The van der Waals surface area contributed by atoms with Crippen molar-refractivity contribution in [2.45, 2.75) is 46.6 Å². The van der Waals surface area contributed by atoms with E-state index in [1.807, 2.05) is 25.7 Å². The highest BCUT2D eigenvalue weighted by molar-refractivity contribution is 6.04. The SMILES string of the molecule is CCc1c(C(=O)CN2CCC(C)C(O)C2)[nH]c(C)c1C(C)=O. The molecule has 1 aliphatic rings. The maximum atomic E-state index is 12.6. The summed E-state index contributed by atoms with van der Waals surface area (Å²) in [5.41, 5.74) is 2.79. The van der Waals surface area contributed by atoms with Gasteiger partial charge in [-0.25, -0.2) is 0 Å². The number of H-pyrrole nitrogens is 1. The Morgan fingerprint density at radius 2 is 2.09 bits per heavy atom. The Morgan fingerprint density at radius 3 is 2.64 bits per heavy atom. The number of aryl methyl sites for hydroxylation is 1. The van der Waals surface area contributed by atoms with Gasteiger partial charge >= 0.3 is 0 Å². The molecule has 5 nitrogen and oxygen atoms in total. The van der Waals surface area contributed by atoms with Crippen molar-refractivity contribution in [2.24, 2.45) is 5.92 Å². The minimum atomic E-state index is -0.370. The van der Waals surface area contributed by atoms with Gasteiger partial charge in [-0.1, -0.05) is 13.8 Å². The standard InChI is InChI=1S/C17H26N2O3/c1-5-13-16(12(4)20)11(3)18-17(13)15(22)9-19-7-6-10(2)14(21)8-19/h10,14,18,21H,5-9H2,1-4H3. The third-order valence-corrected chi connectivity index (χ3v) is 4.65. The molecule has 22 heavy (non-hydrogen) atoms. The summed E-state index contributed by atoms with van der Waals surface area (Å²) in [5, 5.41) is 9.95. The lowest BCUT2D eigenvalue weighted by Gasteiger charge is -2.33. The summed E-state index contributed by atoms with van der Waals surface area (Å²) in [5.74, 6) is 0.274. The second-order valence-electron chi connectivity index (χ2n) is 6.38. The van der Waals surface area contributed by atoms with Crippen molar-refractivity contribution in [3.8, 4) is 0 Å². The van der Waals surface area contributed by atoms with Crippen LogP contribution in [0.25, 0.3) is 0 Å². The molecule has 1 saturated heterocycles. The maximum Gasteiger partial charge on any atom is 0.193 e. The number of nitrogens with one attached hydrogen (secondary N) is 1. The van der Waals surface area contributed by atoms with Gasteiger partial charge in [-0.2, -0.15) is 0 Å². The Balaban J connectivity index is 2.16. The Bertz CT molecular complexity index is 577. The van der Waals surface area contributed by atoms with Crippen LogP contribution in [-0.2, 0) is 6.42 Å². The summed E-state index contributed by atoms with van der Waals surface area (Å²) in [6.07, 6.45) is 1.18. The lowest BCUT2D eigenvalue weighted by atomic mass is 9.95. The number of aromatic amines is 1. The molecular formula is C17H26N2O3. The number of aromatic nitrogens is 1. The van der Waals surface area contributed by atoms with Crippen LogP contribution in [0.2, 0.25) is 0 Å². The monoisotopic (exact) mass is 306 g/mol. The zero-order chi connectivity index (χ0) is 16.4. The number of carbonyl (C=O) groups excluding carboxylic acids is 2. The van der Waals surface area contributed by atoms with E-state index in [0.29, 0.717) is 24.2 Å². The number of β-amino-alcohol motifs (C(OH)–C–C–N with tert-alkyl or cyclic N) is 1. The van der Waals surface area contributed by atoms with E-state index in [1.165, 1.54) is 6.92 Å². The smallest absolute Gasteiger partial charge is 0.193 e. The Hall–Kier alpha value is -1.46. The van der Waals surface area contributed by atoms with E-state index in [9.17, 15) is 14.7 Å². The summed E-state index contributed by atoms with van der Waals surface area (Å²) in [6.45, 7) is 9.00. The molecule has 1 aromatic rings. The number of piperidine rings is 1. The minimum Gasteiger partial charge on any atom is -0.392 e. The number of Topliss-reactive ketones (excluding diaryl/α,β-unsaturated/α-hetero) is 2. The molecule has 2 unspecified atom stereocenters. The molecule has 2 atom stereocenters. The van der Waals surface area contributed by atoms with Crippen LogP contribution in [0.3, 0.4) is 0 Å². The van der Waals surface area contributed by atoms with Gasteiger partial charge in [-0.05, 0) is 44.7 Å². The molecule has 1 aromatic heterocycles. The van der Waals surface area contributed by atoms with E-state index in [4.69, 9.17) is 0 Å². The summed E-state index contributed by atoms with van der Waals surface area (Å²) < 4.78 is 0. The number of hydrogen-bond donors (Lipinski definition) is 2. The Kier molecular flexibility index (Phi) is 5.19. The quantitative estimate of drug-likeness (QED) is 0.816. The fraction of sp³-hybridized carbons (Fsp3) is 0.647. The van der Waals surface area contributed by atoms with E-state index in [-0.39, 0.29) is 30.1 Å². The lowest BCUT2D eigenvalue weighted by molar-refractivity contribution is 0.0294. The number of rotatable bonds is 5. The number of hydrogen-bond acceptors (Lipinski definition) is 4. The number of nitrogens with zero attached hydrogens (tertiary/aromatic N) is 1. The van der Waals surface area contributed by atoms with Crippen LogP contribution in [0.1, 0.15) is 59.3 Å². The first-order valence-electron chi connectivity index (χ1n) is 8.01. The third kappa shape index (κ3) is 3.31. The summed E-state index contributed by atoms with van der Waals surface area (Å²) in [6, 6.07) is 0. The molecule has 2 N–H and O–H groups in total. The average Bonchev–Trinajstić information content (AvgIpc) is 2.79. The summed E-state index contributed by atoms with van der Waals surface area (Å²) >= 11 is 0. The van der Waals surface area contributed by atoms with E-state index >= 15 is 0 Å². The third-order valence-electron chi connectivity index (χ3n) is 4.65. The van der Waals surface area contributed by atoms with Crippen molar-refractivity contribution >= 4 is 11.6 Å². The molecule has 2 rings (SSSR count). The number of likely N-dealkylation sites (tertiary alicyclic amines) is 1. The van der Waals surface area contributed by atoms with Gasteiger partial charge in [0.2, 0.25) is 0 Å². The van der Waals surface area contributed by atoms with E-state index < -0.39 is 0 Å². The molecule has 0 bridgehead atoms. The molecule has 2 heterocycles. The highest BCUT2D eigenvalue weighted by Crippen LogP contribution is 2.22. The molecular weight excluding hydrogens is 280 g/mol. The first-order valence-corrected chi connectivity index (χ1v) is 8.01. The second kappa shape index (κ2) is 6.75. The highest BCUT2D eigenvalue weighted by Gasteiger charge is 2.27. The second-order valence-corrected chi connectivity index (χ2v) is 6.38. The van der Waals surface area contributed by atoms with Gasteiger partial charge in [0.1, 0.15) is 0 Å². The zero-order valence-corrected chi connectivity index (χ0v) is 13.9. The fourth-order valence-corrected chi connectivity index (χ4v) is 3.28. The van der Waals surface area contributed by atoms with Crippen LogP contribution >= 0.6 is 0 Å². The van der Waals surface area contributed by atoms with Crippen LogP contribution in [-0.4, -0.2) is 52.3 Å². The van der Waals surface area contributed by atoms with Crippen molar-refractivity contribution < 1.29 is 14.7 Å².